The molecule has 0 saturated heterocycles. The van der Waals surface area contributed by atoms with Gasteiger partial charge in [0.15, 0.2) is 0 Å². The molecule has 0 fully saturated rings. The quantitative estimate of drug-likeness (QED) is 0.468. The van der Waals surface area contributed by atoms with Gasteiger partial charge in [-0.3, -0.25) is 10.1 Å². The molecule has 0 aliphatic carbocycles. The first kappa shape index (κ1) is 13.4. The van der Waals surface area contributed by atoms with Crippen molar-refractivity contribution in [2.24, 2.45) is 0 Å². The van der Waals surface area contributed by atoms with E-state index in [0.717, 1.165) is 25.1 Å². The second kappa shape index (κ2) is 6.20. The van der Waals surface area contributed by atoms with Crippen molar-refractivity contribution in [3.8, 4) is 0 Å². The number of benzene rings is 1. The van der Waals surface area contributed by atoms with Crippen molar-refractivity contribution in [3.63, 3.8) is 0 Å². The van der Waals surface area contributed by atoms with Crippen LogP contribution in [0.5, 0.6) is 0 Å². The highest BCUT2D eigenvalue weighted by Crippen LogP contribution is 2.24. The Morgan fingerprint density at radius 2 is 2.12 bits per heavy atom. The first-order valence-electron chi connectivity index (χ1n) is 5.64. The van der Waals surface area contributed by atoms with Crippen LogP contribution in [0, 0.1) is 17.0 Å². The summed E-state index contributed by atoms with van der Waals surface area (Å²) in [5, 5.41) is 14.0. The minimum Gasteiger partial charge on any atom is -0.379 e. The van der Waals surface area contributed by atoms with Crippen LogP contribution in [0.15, 0.2) is 18.2 Å². The number of aryl methyl sites for hydroxylation is 1. The van der Waals surface area contributed by atoms with Crippen molar-refractivity contribution < 1.29 is 4.92 Å². The molecule has 0 amide bonds. The summed E-state index contributed by atoms with van der Waals surface area (Å²) in [6, 6.07) is 5.11. The number of hydrogen-bond acceptors (Lipinski definition) is 4. The van der Waals surface area contributed by atoms with Gasteiger partial charge in [0.1, 0.15) is 5.69 Å². The summed E-state index contributed by atoms with van der Waals surface area (Å²) < 4.78 is 0. The van der Waals surface area contributed by atoms with Crippen LogP contribution in [0.2, 0.25) is 0 Å². The van der Waals surface area contributed by atoms with Crippen LogP contribution in [-0.4, -0.2) is 37.0 Å². The van der Waals surface area contributed by atoms with E-state index in [-0.39, 0.29) is 10.6 Å². The molecule has 5 nitrogen and oxygen atoms in total. The zero-order chi connectivity index (χ0) is 12.8. The van der Waals surface area contributed by atoms with Gasteiger partial charge in [-0.2, -0.15) is 0 Å². The van der Waals surface area contributed by atoms with Crippen LogP contribution in [0.3, 0.4) is 0 Å². The molecule has 1 N–H and O–H groups in total. The van der Waals surface area contributed by atoms with Gasteiger partial charge >= 0.3 is 0 Å². The first-order chi connectivity index (χ1) is 8.00. The normalized spacial score (nSPS) is 10.6. The molecule has 0 unspecified atom stereocenters. The third-order valence-electron chi connectivity index (χ3n) is 2.45. The minimum atomic E-state index is -0.353. The maximum atomic E-state index is 10.8. The topological polar surface area (TPSA) is 58.4 Å². The zero-order valence-electron chi connectivity index (χ0n) is 10.6. The molecule has 0 aliphatic heterocycles. The lowest BCUT2D eigenvalue weighted by Gasteiger charge is -2.11. The van der Waals surface area contributed by atoms with E-state index < -0.39 is 0 Å². The van der Waals surface area contributed by atoms with Gasteiger partial charge in [-0.05, 0) is 45.6 Å². The highest BCUT2D eigenvalue weighted by Gasteiger charge is 2.12. The molecule has 0 aliphatic rings. The average molecular weight is 237 g/mol. The predicted molar refractivity (Wildman–Crippen MR) is 69.5 cm³/mol. The Bertz CT molecular complexity index is 391. The van der Waals surface area contributed by atoms with Crippen LogP contribution in [0.1, 0.15) is 12.0 Å². The molecule has 1 aromatic carbocycles. The second-order valence-corrected chi connectivity index (χ2v) is 4.36. The van der Waals surface area contributed by atoms with Crippen LogP contribution in [0.25, 0.3) is 0 Å². The standard InChI is InChI=1S/C12H19N3O2/c1-10-5-6-12(15(16)17)11(9-10)13-7-4-8-14(2)3/h5-6,9,13H,4,7-8H2,1-3H3. The molecule has 0 spiro atoms. The summed E-state index contributed by atoms with van der Waals surface area (Å²) in [6.07, 6.45) is 0.956. The van der Waals surface area contributed by atoms with Crippen molar-refractivity contribution in [1.29, 1.82) is 0 Å². The summed E-state index contributed by atoms with van der Waals surface area (Å²) in [4.78, 5) is 12.6. The molecule has 0 bridgehead atoms. The fourth-order valence-electron chi connectivity index (χ4n) is 1.57. The lowest BCUT2D eigenvalue weighted by Crippen LogP contribution is -2.16. The molecule has 0 saturated carbocycles. The van der Waals surface area contributed by atoms with Gasteiger partial charge in [0, 0.05) is 12.6 Å². The highest BCUT2D eigenvalue weighted by molar-refractivity contribution is 5.62. The SMILES string of the molecule is Cc1ccc([N+](=O)[O-])c(NCCCN(C)C)c1. The Kier molecular flexibility index (Phi) is 4.90. The van der Waals surface area contributed by atoms with E-state index >= 15 is 0 Å². The van der Waals surface area contributed by atoms with Gasteiger partial charge in [-0.25, -0.2) is 0 Å². The molecule has 5 heteroatoms. The Balaban J connectivity index is 2.62. The Hall–Kier alpha value is -1.62. The molecule has 1 aromatic rings. The van der Waals surface area contributed by atoms with Crippen molar-refractivity contribution in [2.75, 3.05) is 32.5 Å². The van der Waals surface area contributed by atoms with Crippen LogP contribution in [-0.2, 0) is 0 Å². The second-order valence-electron chi connectivity index (χ2n) is 4.36. The number of hydrogen-bond donors (Lipinski definition) is 1. The summed E-state index contributed by atoms with van der Waals surface area (Å²) >= 11 is 0. The average Bonchev–Trinajstić information content (AvgIpc) is 2.23. The predicted octanol–water partition coefficient (Wildman–Crippen LogP) is 2.27. The van der Waals surface area contributed by atoms with Gasteiger partial charge in [-0.1, -0.05) is 6.07 Å². The smallest absolute Gasteiger partial charge is 0.292 e. The van der Waals surface area contributed by atoms with Crippen LogP contribution < -0.4 is 5.32 Å². The molecule has 0 heterocycles. The van der Waals surface area contributed by atoms with Gasteiger partial charge in [0.05, 0.1) is 4.92 Å². The van der Waals surface area contributed by atoms with Crippen molar-refractivity contribution in [3.05, 3.63) is 33.9 Å². The lowest BCUT2D eigenvalue weighted by molar-refractivity contribution is -0.384. The van der Waals surface area contributed by atoms with Crippen LogP contribution in [0.4, 0.5) is 11.4 Å². The van der Waals surface area contributed by atoms with Crippen molar-refractivity contribution >= 4 is 11.4 Å². The van der Waals surface area contributed by atoms with E-state index in [2.05, 4.69) is 10.2 Å². The fraction of sp³-hybridized carbons (Fsp3) is 0.500. The molecule has 17 heavy (non-hydrogen) atoms. The van der Waals surface area contributed by atoms with E-state index in [9.17, 15) is 10.1 Å². The number of nitro benzene ring substituents is 1. The maximum absolute atomic E-state index is 10.8. The van der Waals surface area contributed by atoms with E-state index in [1.807, 2.05) is 27.1 Å². The summed E-state index contributed by atoms with van der Waals surface area (Å²) in [5.74, 6) is 0. The largest absolute Gasteiger partial charge is 0.379 e. The van der Waals surface area contributed by atoms with E-state index in [0.29, 0.717) is 5.69 Å². The minimum absolute atomic E-state index is 0.139. The number of nitrogens with one attached hydrogen (secondary N) is 1. The Morgan fingerprint density at radius 1 is 1.41 bits per heavy atom. The molecule has 0 aromatic heterocycles. The third-order valence-corrected chi connectivity index (χ3v) is 2.45. The van der Waals surface area contributed by atoms with E-state index in [4.69, 9.17) is 0 Å². The third kappa shape index (κ3) is 4.40. The first-order valence-corrected chi connectivity index (χ1v) is 5.64. The fourth-order valence-corrected chi connectivity index (χ4v) is 1.57. The monoisotopic (exact) mass is 237 g/mol. The molecular weight excluding hydrogens is 218 g/mol. The van der Waals surface area contributed by atoms with Gasteiger partial charge < -0.3 is 10.2 Å². The Labute approximate surface area is 102 Å². The molecular formula is C12H19N3O2. The van der Waals surface area contributed by atoms with Gasteiger partial charge in [0.2, 0.25) is 0 Å². The number of nitro groups is 1. The number of nitrogens with zero attached hydrogens (tertiary/aromatic N) is 2. The summed E-state index contributed by atoms with van der Waals surface area (Å²) in [6.45, 7) is 3.63. The number of anilines is 1. The summed E-state index contributed by atoms with van der Waals surface area (Å²) in [7, 11) is 4.02. The number of rotatable bonds is 6. The molecule has 1 rings (SSSR count). The lowest BCUT2D eigenvalue weighted by atomic mass is 10.2. The van der Waals surface area contributed by atoms with Crippen LogP contribution >= 0.6 is 0 Å². The van der Waals surface area contributed by atoms with Crippen molar-refractivity contribution in [2.45, 2.75) is 13.3 Å². The zero-order valence-corrected chi connectivity index (χ0v) is 10.6. The molecule has 0 atom stereocenters. The van der Waals surface area contributed by atoms with Gasteiger partial charge in [-0.15, -0.1) is 0 Å². The molecule has 94 valence electrons. The highest BCUT2D eigenvalue weighted by atomic mass is 16.6. The Morgan fingerprint density at radius 3 is 2.71 bits per heavy atom. The van der Waals surface area contributed by atoms with E-state index in [1.54, 1.807) is 12.1 Å². The van der Waals surface area contributed by atoms with Gasteiger partial charge in [0.25, 0.3) is 5.69 Å². The van der Waals surface area contributed by atoms with Crippen molar-refractivity contribution in [1.82, 2.24) is 4.90 Å². The molecule has 0 radical (unpaired) electrons. The van der Waals surface area contributed by atoms with E-state index in [1.165, 1.54) is 0 Å². The maximum Gasteiger partial charge on any atom is 0.292 e. The summed E-state index contributed by atoms with van der Waals surface area (Å²) in [5.41, 5.74) is 1.76.